The van der Waals surface area contributed by atoms with Crippen LogP contribution in [-0.2, 0) is 4.79 Å². The van der Waals surface area contributed by atoms with Gasteiger partial charge in [-0.1, -0.05) is 0 Å². The van der Waals surface area contributed by atoms with Gasteiger partial charge in [-0.05, 0) is 26.2 Å². The van der Waals surface area contributed by atoms with Gasteiger partial charge < -0.3 is 15.2 Å². The Labute approximate surface area is 79.4 Å². The highest BCUT2D eigenvalue weighted by molar-refractivity contribution is 6.45. The van der Waals surface area contributed by atoms with Crippen LogP contribution in [0.15, 0.2) is 0 Å². The molecule has 1 amide bonds. The number of nitrogens with one attached hydrogen (secondary N) is 1. The van der Waals surface area contributed by atoms with Gasteiger partial charge >= 0.3 is 7.05 Å². The maximum absolute atomic E-state index is 10.7. The lowest BCUT2D eigenvalue weighted by molar-refractivity contribution is -0.119. The Morgan fingerprint density at radius 2 is 2.46 bits per heavy atom. The molecular formula is C8H17BN2O2. The third-order valence-electron chi connectivity index (χ3n) is 2.49. The molecule has 5 heteroatoms. The summed E-state index contributed by atoms with van der Waals surface area (Å²) in [6.07, 6.45) is 2.17. The molecule has 2 N–H and O–H groups in total. The first-order valence-corrected chi connectivity index (χ1v) is 4.79. The largest absolute Gasteiger partial charge is 0.437 e. The first-order valence-electron chi connectivity index (χ1n) is 4.79. The van der Waals surface area contributed by atoms with E-state index in [0.717, 1.165) is 19.4 Å². The molecule has 1 fully saturated rings. The lowest BCUT2D eigenvalue weighted by Gasteiger charge is -2.25. The summed E-state index contributed by atoms with van der Waals surface area (Å²) in [4.78, 5) is 12.7. The molecule has 0 spiro atoms. The van der Waals surface area contributed by atoms with Gasteiger partial charge in [0.1, 0.15) is 0 Å². The van der Waals surface area contributed by atoms with Gasteiger partial charge in [-0.25, -0.2) is 0 Å². The van der Waals surface area contributed by atoms with Crippen LogP contribution in [0.5, 0.6) is 0 Å². The normalized spacial score (nSPS) is 23.2. The van der Waals surface area contributed by atoms with Gasteiger partial charge in [0.15, 0.2) is 0 Å². The van der Waals surface area contributed by atoms with E-state index in [1.54, 1.807) is 6.82 Å². The predicted molar refractivity (Wildman–Crippen MR) is 52.2 cm³/mol. The van der Waals surface area contributed by atoms with Crippen molar-refractivity contribution in [2.75, 3.05) is 13.1 Å². The summed E-state index contributed by atoms with van der Waals surface area (Å²) in [7, 11) is -0.402. The second kappa shape index (κ2) is 4.62. The molecule has 1 aliphatic rings. The molecule has 0 aromatic carbocycles. The fraction of sp³-hybridized carbons (Fsp3) is 0.875. The van der Waals surface area contributed by atoms with Gasteiger partial charge in [0.05, 0.1) is 0 Å². The zero-order valence-electron chi connectivity index (χ0n) is 8.29. The average Bonchev–Trinajstić information content (AvgIpc) is 2.47. The number of carbonyl (C=O) groups excluding carboxylic acids is 1. The minimum absolute atomic E-state index is 0.00237. The molecule has 0 unspecified atom stereocenters. The molecule has 1 atom stereocenters. The summed E-state index contributed by atoms with van der Waals surface area (Å²) in [5, 5.41) is 12.2. The third kappa shape index (κ3) is 3.01. The van der Waals surface area contributed by atoms with Crippen molar-refractivity contribution < 1.29 is 9.82 Å². The SMILES string of the molecule is CB(O)N1CCC[C@H]1CNC(C)=O. The molecular weight excluding hydrogens is 167 g/mol. The molecule has 1 saturated heterocycles. The van der Waals surface area contributed by atoms with Gasteiger partial charge in [0.2, 0.25) is 5.91 Å². The number of hydrogen-bond acceptors (Lipinski definition) is 3. The standard InChI is InChI=1S/C8H17BN2O2/c1-7(12)10-6-8-4-3-5-11(8)9(2)13/h8,13H,3-6H2,1-2H3,(H,10,12)/t8-/m0/s1. The minimum atomic E-state index is -0.402. The Balaban J connectivity index is 2.35. The Morgan fingerprint density at radius 1 is 1.77 bits per heavy atom. The van der Waals surface area contributed by atoms with Crippen LogP contribution in [0.1, 0.15) is 19.8 Å². The van der Waals surface area contributed by atoms with Crippen molar-refractivity contribution in [1.29, 1.82) is 0 Å². The van der Waals surface area contributed by atoms with Crippen molar-refractivity contribution >= 4 is 13.0 Å². The van der Waals surface area contributed by atoms with Crippen LogP contribution >= 0.6 is 0 Å². The Hall–Kier alpha value is -0.545. The average molecular weight is 184 g/mol. The van der Waals surface area contributed by atoms with E-state index in [4.69, 9.17) is 0 Å². The van der Waals surface area contributed by atoms with E-state index in [0.29, 0.717) is 12.6 Å². The van der Waals surface area contributed by atoms with Crippen molar-refractivity contribution in [3.05, 3.63) is 0 Å². The lowest BCUT2D eigenvalue weighted by Crippen LogP contribution is -2.46. The van der Waals surface area contributed by atoms with E-state index in [9.17, 15) is 9.82 Å². The summed E-state index contributed by atoms with van der Waals surface area (Å²) < 4.78 is 0. The van der Waals surface area contributed by atoms with Crippen molar-refractivity contribution in [2.45, 2.75) is 32.6 Å². The molecule has 0 saturated carbocycles. The molecule has 74 valence electrons. The van der Waals surface area contributed by atoms with Crippen molar-refractivity contribution in [1.82, 2.24) is 10.1 Å². The Bertz CT molecular complexity index is 187. The maximum atomic E-state index is 10.7. The molecule has 0 radical (unpaired) electrons. The Kier molecular flexibility index (Phi) is 3.75. The Morgan fingerprint density at radius 3 is 3.00 bits per heavy atom. The number of nitrogens with zero attached hydrogens (tertiary/aromatic N) is 1. The second-order valence-electron chi connectivity index (χ2n) is 3.60. The third-order valence-corrected chi connectivity index (χ3v) is 2.49. The van der Waals surface area contributed by atoms with E-state index < -0.39 is 7.05 Å². The highest BCUT2D eigenvalue weighted by atomic mass is 16.2. The smallest absolute Gasteiger partial charge is 0.376 e. The first kappa shape index (κ1) is 10.5. The number of amides is 1. The van der Waals surface area contributed by atoms with Crippen LogP contribution in [0.3, 0.4) is 0 Å². The zero-order valence-corrected chi connectivity index (χ0v) is 8.29. The van der Waals surface area contributed by atoms with Crippen molar-refractivity contribution in [2.24, 2.45) is 0 Å². The van der Waals surface area contributed by atoms with Crippen LogP contribution in [0.2, 0.25) is 6.82 Å². The first-order chi connectivity index (χ1) is 6.11. The van der Waals surface area contributed by atoms with E-state index in [1.165, 1.54) is 6.92 Å². The number of rotatable bonds is 3. The molecule has 1 rings (SSSR count). The van der Waals surface area contributed by atoms with E-state index >= 15 is 0 Å². The van der Waals surface area contributed by atoms with Crippen LogP contribution in [0.25, 0.3) is 0 Å². The molecule has 0 aromatic heterocycles. The molecule has 1 aliphatic heterocycles. The van der Waals surface area contributed by atoms with Crippen molar-refractivity contribution in [3.8, 4) is 0 Å². The highest BCUT2D eigenvalue weighted by Gasteiger charge is 2.29. The van der Waals surface area contributed by atoms with Crippen LogP contribution in [0, 0.1) is 0 Å². The number of carbonyl (C=O) groups is 1. The summed E-state index contributed by atoms with van der Waals surface area (Å²) >= 11 is 0. The lowest BCUT2D eigenvalue weighted by atomic mass is 9.84. The van der Waals surface area contributed by atoms with Gasteiger partial charge in [0.25, 0.3) is 0 Å². The predicted octanol–water partition coefficient (Wildman–Crippen LogP) is -0.303. The summed E-state index contributed by atoms with van der Waals surface area (Å²) in [5.74, 6) is -0.00237. The summed E-state index contributed by atoms with van der Waals surface area (Å²) in [6.45, 7) is 4.87. The van der Waals surface area contributed by atoms with E-state index in [2.05, 4.69) is 5.32 Å². The molecule has 13 heavy (non-hydrogen) atoms. The summed E-state index contributed by atoms with van der Waals surface area (Å²) in [6, 6.07) is 0.309. The van der Waals surface area contributed by atoms with E-state index in [-0.39, 0.29) is 5.91 Å². The fourth-order valence-electron chi connectivity index (χ4n) is 1.83. The quantitative estimate of drug-likeness (QED) is 0.592. The van der Waals surface area contributed by atoms with Crippen LogP contribution in [-0.4, -0.2) is 41.9 Å². The topological polar surface area (TPSA) is 52.6 Å². The summed E-state index contributed by atoms with van der Waals surface area (Å²) in [5.41, 5.74) is 0. The van der Waals surface area contributed by atoms with E-state index in [1.807, 2.05) is 4.81 Å². The molecule has 0 aromatic rings. The molecule has 4 nitrogen and oxygen atoms in total. The minimum Gasteiger partial charge on any atom is -0.437 e. The maximum Gasteiger partial charge on any atom is 0.376 e. The van der Waals surface area contributed by atoms with Crippen molar-refractivity contribution in [3.63, 3.8) is 0 Å². The molecule has 1 heterocycles. The van der Waals surface area contributed by atoms with Gasteiger partial charge in [0, 0.05) is 19.5 Å². The highest BCUT2D eigenvalue weighted by Crippen LogP contribution is 2.16. The van der Waals surface area contributed by atoms with Gasteiger partial charge in [-0.2, -0.15) is 0 Å². The van der Waals surface area contributed by atoms with Gasteiger partial charge in [-0.3, -0.25) is 4.79 Å². The zero-order chi connectivity index (χ0) is 9.84. The van der Waals surface area contributed by atoms with Crippen LogP contribution < -0.4 is 5.32 Å². The monoisotopic (exact) mass is 184 g/mol. The fourth-order valence-corrected chi connectivity index (χ4v) is 1.83. The van der Waals surface area contributed by atoms with Gasteiger partial charge in [-0.15, -0.1) is 0 Å². The van der Waals surface area contributed by atoms with Crippen LogP contribution in [0.4, 0.5) is 0 Å². The second-order valence-corrected chi connectivity index (χ2v) is 3.60. The molecule has 0 aliphatic carbocycles. The number of hydrogen-bond donors (Lipinski definition) is 2. The molecule has 0 bridgehead atoms.